The van der Waals surface area contributed by atoms with E-state index in [0.717, 1.165) is 33.5 Å². The number of fused-ring (bicyclic) bond motifs is 1. The molecule has 3 rings (SSSR count). The van der Waals surface area contributed by atoms with Gasteiger partial charge in [0.15, 0.2) is 0 Å². The van der Waals surface area contributed by atoms with Crippen molar-refractivity contribution in [3.8, 4) is 0 Å². The highest BCUT2D eigenvalue weighted by Gasteiger charge is 2.36. The van der Waals surface area contributed by atoms with E-state index in [2.05, 4.69) is 4.98 Å². The molecule has 0 bridgehead atoms. The van der Waals surface area contributed by atoms with Gasteiger partial charge in [0.2, 0.25) is 0 Å². The van der Waals surface area contributed by atoms with Crippen LogP contribution in [0.25, 0.3) is 10.9 Å². The van der Waals surface area contributed by atoms with Crippen LogP contribution in [0.3, 0.4) is 0 Å². The van der Waals surface area contributed by atoms with E-state index < -0.39 is 23.8 Å². The number of carbonyl (C=O) groups excluding carboxylic acids is 2. The molecule has 2 heterocycles. The van der Waals surface area contributed by atoms with Crippen LogP contribution in [0.5, 0.6) is 0 Å². The van der Waals surface area contributed by atoms with Gasteiger partial charge in [-0.3, -0.25) is 14.5 Å². The second-order valence-electron chi connectivity index (χ2n) is 4.80. The molecule has 0 saturated carbocycles. The quantitative estimate of drug-likeness (QED) is 0.822. The predicted molar refractivity (Wildman–Crippen MR) is 74.4 cm³/mol. The predicted octanol–water partition coefficient (Wildman–Crippen LogP) is 1.09. The van der Waals surface area contributed by atoms with Gasteiger partial charge in [0, 0.05) is 35.7 Å². The van der Waals surface area contributed by atoms with Crippen LogP contribution in [0.4, 0.5) is 0 Å². The molecule has 2 aromatic rings. The lowest BCUT2D eigenvalue weighted by Crippen LogP contribution is -2.46. The molecule has 0 saturated heterocycles. The number of aromatic nitrogens is 1. The van der Waals surface area contributed by atoms with Crippen LogP contribution in [0, 0.1) is 0 Å². The van der Waals surface area contributed by atoms with Crippen LogP contribution >= 0.6 is 0 Å². The Morgan fingerprint density at radius 2 is 1.86 bits per heavy atom. The van der Waals surface area contributed by atoms with Crippen LogP contribution in [0.15, 0.2) is 42.6 Å². The monoisotopic (exact) mass is 284 g/mol. The second kappa shape index (κ2) is 4.90. The number of carboxylic acids is 1. The van der Waals surface area contributed by atoms with Gasteiger partial charge in [0.25, 0.3) is 11.8 Å². The summed E-state index contributed by atoms with van der Waals surface area (Å²) < 4.78 is 0. The zero-order valence-electron chi connectivity index (χ0n) is 10.9. The molecule has 1 aliphatic rings. The largest absolute Gasteiger partial charge is 0.480 e. The third-order valence-electron chi connectivity index (χ3n) is 3.53. The van der Waals surface area contributed by atoms with E-state index in [9.17, 15) is 19.5 Å². The molecular weight excluding hydrogens is 272 g/mol. The molecule has 1 aromatic carbocycles. The minimum Gasteiger partial charge on any atom is -0.480 e. The lowest BCUT2D eigenvalue weighted by molar-refractivity contribution is -0.153. The highest BCUT2D eigenvalue weighted by Crippen LogP contribution is 2.22. The fourth-order valence-corrected chi connectivity index (χ4v) is 2.52. The molecule has 0 unspecified atom stereocenters. The number of imide groups is 1. The Kier molecular flexibility index (Phi) is 3.06. The Balaban J connectivity index is 1.95. The van der Waals surface area contributed by atoms with Crippen LogP contribution in [-0.2, 0) is 20.8 Å². The number of carboxylic acid groups (broad SMARTS) is 1. The first-order valence-electron chi connectivity index (χ1n) is 6.41. The summed E-state index contributed by atoms with van der Waals surface area (Å²) in [7, 11) is 0. The molecule has 0 fully saturated rings. The summed E-state index contributed by atoms with van der Waals surface area (Å²) in [6, 6.07) is 6.26. The molecule has 6 nitrogen and oxygen atoms in total. The second-order valence-corrected chi connectivity index (χ2v) is 4.80. The summed E-state index contributed by atoms with van der Waals surface area (Å²) in [5.41, 5.74) is 1.64. The summed E-state index contributed by atoms with van der Waals surface area (Å²) in [4.78, 5) is 38.6. The minimum atomic E-state index is -1.21. The van der Waals surface area contributed by atoms with Crippen LogP contribution in [0.1, 0.15) is 5.56 Å². The van der Waals surface area contributed by atoms with Crippen LogP contribution < -0.4 is 0 Å². The summed E-state index contributed by atoms with van der Waals surface area (Å²) in [6.45, 7) is 0. The molecule has 2 N–H and O–H groups in total. The fourth-order valence-electron chi connectivity index (χ4n) is 2.52. The SMILES string of the molecule is O=C(O)[C@@H](Cc1c[nH]c2ccccc12)N1C(=O)C=CC1=O. The Morgan fingerprint density at radius 3 is 2.52 bits per heavy atom. The van der Waals surface area contributed by atoms with Crippen LogP contribution in [0.2, 0.25) is 0 Å². The smallest absolute Gasteiger partial charge is 0.327 e. The molecule has 21 heavy (non-hydrogen) atoms. The number of hydrogen-bond donors (Lipinski definition) is 2. The van der Waals surface area contributed by atoms with Crippen molar-refractivity contribution < 1.29 is 19.5 Å². The van der Waals surface area contributed by atoms with E-state index in [1.165, 1.54) is 0 Å². The number of amides is 2. The van der Waals surface area contributed by atoms with E-state index in [-0.39, 0.29) is 6.42 Å². The zero-order chi connectivity index (χ0) is 15.0. The summed E-state index contributed by atoms with van der Waals surface area (Å²) in [6.07, 6.45) is 3.96. The third-order valence-corrected chi connectivity index (χ3v) is 3.53. The van der Waals surface area contributed by atoms with Gasteiger partial charge < -0.3 is 10.1 Å². The number of carbonyl (C=O) groups is 3. The van der Waals surface area contributed by atoms with Gasteiger partial charge in [-0.2, -0.15) is 0 Å². The van der Waals surface area contributed by atoms with E-state index in [1.807, 2.05) is 24.3 Å². The van der Waals surface area contributed by atoms with Crippen molar-refractivity contribution in [3.05, 3.63) is 48.2 Å². The van der Waals surface area contributed by atoms with Crippen molar-refractivity contribution in [2.75, 3.05) is 0 Å². The first-order chi connectivity index (χ1) is 10.1. The van der Waals surface area contributed by atoms with E-state index in [4.69, 9.17) is 0 Å². The van der Waals surface area contributed by atoms with Gasteiger partial charge in [0.1, 0.15) is 6.04 Å². The molecule has 1 aliphatic heterocycles. The number of aliphatic carboxylic acids is 1. The van der Waals surface area contributed by atoms with Crippen LogP contribution in [-0.4, -0.2) is 38.8 Å². The molecule has 1 atom stereocenters. The Labute approximate surface area is 119 Å². The third kappa shape index (κ3) is 2.20. The first kappa shape index (κ1) is 13.1. The van der Waals surface area contributed by atoms with Gasteiger partial charge in [-0.1, -0.05) is 18.2 Å². The molecule has 0 radical (unpaired) electrons. The molecule has 0 spiro atoms. The summed E-state index contributed by atoms with van der Waals surface area (Å²) in [5.74, 6) is -2.38. The van der Waals surface area contributed by atoms with Gasteiger partial charge in [0.05, 0.1) is 0 Å². The van der Waals surface area contributed by atoms with Gasteiger partial charge in [-0.15, -0.1) is 0 Å². The average Bonchev–Trinajstić information content (AvgIpc) is 3.01. The van der Waals surface area contributed by atoms with Crippen molar-refractivity contribution >= 4 is 28.7 Å². The van der Waals surface area contributed by atoms with Crippen molar-refractivity contribution in [2.45, 2.75) is 12.5 Å². The van der Waals surface area contributed by atoms with Crippen molar-refractivity contribution in [3.63, 3.8) is 0 Å². The van der Waals surface area contributed by atoms with E-state index in [1.54, 1.807) is 6.20 Å². The van der Waals surface area contributed by atoms with Crippen molar-refractivity contribution in [2.24, 2.45) is 0 Å². The first-order valence-corrected chi connectivity index (χ1v) is 6.41. The molecule has 6 heteroatoms. The molecule has 2 amide bonds. The Hall–Kier alpha value is -2.89. The topological polar surface area (TPSA) is 90.5 Å². The van der Waals surface area contributed by atoms with Crippen molar-refractivity contribution in [1.29, 1.82) is 0 Å². The number of nitrogens with one attached hydrogen (secondary N) is 1. The van der Waals surface area contributed by atoms with Gasteiger partial charge >= 0.3 is 5.97 Å². The lowest BCUT2D eigenvalue weighted by Gasteiger charge is -2.22. The maximum atomic E-state index is 11.7. The normalized spacial score (nSPS) is 15.9. The Bertz CT molecular complexity index is 757. The van der Waals surface area contributed by atoms with Gasteiger partial charge in [-0.25, -0.2) is 4.79 Å². The Morgan fingerprint density at radius 1 is 1.19 bits per heavy atom. The fraction of sp³-hybridized carbons (Fsp3) is 0.133. The van der Waals surface area contributed by atoms with Gasteiger partial charge in [-0.05, 0) is 11.6 Å². The maximum absolute atomic E-state index is 11.7. The lowest BCUT2D eigenvalue weighted by atomic mass is 10.0. The minimum absolute atomic E-state index is 0.0680. The van der Waals surface area contributed by atoms with Crippen molar-refractivity contribution in [1.82, 2.24) is 9.88 Å². The maximum Gasteiger partial charge on any atom is 0.327 e. The number of rotatable bonds is 4. The van der Waals surface area contributed by atoms with E-state index in [0.29, 0.717) is 0 Å². The molecule has 1 aromatic heterocycles. The van der Waals surface area contributed by atoms with E-state index >= 15 is 0 Å². The average molecular weight is 284 g/mol. The summed E-state index contributed by atoms with van der Waals surface area (Å²) >= 11 is 0. The highest BCUT2D eigenvalue weighted by molar-refractivity contribution is 6.14. The number of para-hydroxylation sites is 1. The summed E-state index contributed by atoms with van der Waals surface area (Å²) in [5, 5.41) is 10.2. The molecule has 0 aliphatic carbocycles. The molecular formula is C15H12N2O4. The number of benzene rings is 1. The number of nitrogens with zero attached hydrogens (tertiary/aromatic N) is 1. The zero-order valence-corrected chi connectivity index (χ0v) is 10.9. The number of aromatic amines is 1. The molecule has 106 valence electrons. The number of H-pyrrole nitrogens is 1. The number of hydrogen-bond acceptors (Lipinski definition) is 3. The highest BCUT2D eigenvalue weighted by atomic mass is 16.4. The standard InChI is InChI=1S/C15H12N2O4/c18-13-5-6-14(19)17(13)12(15(20)21)7-9-8-16-11-4-2-1-3-10(9)11/h1-6,8,12,16H,7H2,(H,20,21)/t12-/m1/s1.